The molecule has 0 amide bonds. The first-order valence-electron chi connectivity index (χ1n) is 3.43. The van der Waals surface area contributed by atoms with Crippen molar-refractivity contribution in [3.05, 3.63) is 24.3 Å². The fraction of sp³-hybridized carbons (Fsp3) is 0.125. The van der Waals surface area contributed by atoms with Gasteiger partial charge in [-0.05, 0) is 12.1 Å². The Kier molecular flexibility index (Phi) is 3.05. The van der Waals surface area contributed by atoms with Gasteiger partial charge in [-0.25, -0.2) is 4.98 Å². The second kappa shape index (κ2) is 3.87. The summed E-state index contributed by atoms with van der Waals surface area (Å²) in [5.74, 6) is 0. The molecule has 0 saturated heterocycles. The van der Waals surface area contributed by atoms with E-state index in [2.05, 4.69) is 16.4 Å². The van der Waals surface area contributed by atoms with Crippen LogP contribution in [0.1, 0.15) is 0 Å². The number of aromatic nitrogens is 1. The van der Waals surface area contributed by atoms with Crippen molar-refractivity contribution in [2.24, 2.45) is 0 Å². The number of para-hydroxylation sites is 1. The fourth-order valence-corrected chi connectivity index (χ4v) is 1.80. The molecule has 0 saturated carbocycles. The molecule has 2 aromatic rings. The second-order valence-electron chi connectivity index (χ2n) is 2.24. The molecular weight excluding hydrogens is 236 g/mol. The third-order valence-electron chi connectivity index (χ3n) is 1.51. The van der Waals surface area contributed by atoms with E-state index in [1.807, 2.05) is 25.2 Å². The minimum atomic E-state index is 0. The van der Waals surface area contributed by atoms with Crippen molar-refractivity contribution in [3.63, 3.8) is 0 Å². The Hall–Kier alpha value is -0.610. The number of hydrogen-bond acceptors (Lipinski definition) is 3. The highest BCUT2D eigenvalue weighted by atomic mass is 79.9. The number of anilines is 1. The number of halogens is 1. The maximum absolute atomic E-state index is 4.34. The Morgan fingerprint density at radius 2 is 2.08 bits per heavy atom. The van der Waals surface area contributed by atoms with Crippen molar-refractivity contribution in [1.29, 1.82) is 0 Å². The molecule has 1 heterocycles. The van der Waals surface area contributed by atoms with E-state index in [9.17, 15) is 0 Å². The van der Waals surface area contributed by atoms with E-state index < -0.39 is 0 Å². The highest BCUT2D eigenvalue weighted by molar-refractivity contribution is 8.93. The second-order valence-corrected chi connectivity index (χ2v) is 3.27. The summed E-state index contributed by atoms with van der Waals surface area (Å²) in [5, 5.41) is 4.00. The summed E-state index contributed by atoms with van der Waals surface area (Å²) in [6.07, 6.45) is 0. The predicted molar refractivity (Wildman–Crippen MR) is 59.5 cm³/mol. The van der Waals surface area contributed by atoms with Gasteiger partial charge in [0.1, 0.15) is 0 Å². The number of thiazole rings is 1. The summed E-state index contributed by atoms with van der Waals surface area (Å²) in [6.45, 7) is 0. The van der Waals surface area contributed by atoms with Gasteiger partial charge in [0.25, 0.3) is 0 Å². The molecular formula is C8H9BrN2S. The predicted octanol–water partition coefficient (Wildman–Crippen LogP) is 2.92. The first kappa shape index (κ1) is 9.48. The standard InChI is InChI=1S/C8H8N2S.BrH/c1-9-8-10-6-4-2-3-5-7(6)11-8;/h2-5H,1H3,(H,9,10);1H. The van der Waals surface area contributed by atoms with Crippen LogP contribution in [0.3, 0.4) is 0 Å². The van der Waals surface area contributed by atoms with E-state index in [1.165, 1.54) is 4.70 Å². The molecule has 2 rings (SSSR count). The van der Waals surface area contributed by atoms with Gasteiger partial charge >= 0.3 is 0 Å². The number of nitrogens with zero attached hydrogens (tertiary/aromatic N) is 1. The molecule has 1 aromatic carbocycles. The third-order valence-corrected chi connectivity index (χ3v) is 2.56. The van der Waals surface area contributed by atoms with Crippen LogP contribution in [-0.4, -0.2) is 12.0 Å². The Morgan fingerprint density at radius 1 is 1.33 bits per heavy atom. The van der Waals surface area contributed by atoms with Gasteiger partial charge in [0.05, 0.1) is 10.2 Å². The smallest absolute Gasteiger partial charge is 0.183 e. The van der Waals surface area contributed by atoms with Gasteiger partial charge in [0, 0.05) is 7.05 Å². The monoisotopic (exact) mass is 244 g/mol. The van der Waals surface area contributed by atoms with Crippen molar-refractivity contribution in [2.45, 2.75) is 0 Å². The molecule has 0 bridgehead atoms. The molecule has 1 N–H and O–H groups in total. The van der Waals surface area contributed by atoms with Crippen LogP contribution < -0.4 is 5.32 Å². The molecule has 0 atom stereocenters. The molecule has 0 spiro atoms. The highest BCUT2D eigenvalue weighted by Gasteiger charge is 1.98. The molecule has 2 nitrogen and oxygen atoms in total. The maximum Gasteiger partial charge on any atom is 0.183 e. The lowest BCUT2D eigenvalue weighted by molar-refractivity contribution is 1.41. The molecule has 12 heavy (non-hydrogen) atoms. The summed E-state index contributed by atoms with van der Waals surface area (Å²) >= 11 is 1.68. The van der Waals surface area contributed by atoms with Crippen LogP contribution >= 0.6 is 28.3 Å². The Bertz CT molecular complexity index is 339. The van der Waals surface area contributed by atoms with Crippen molar-refractivity contribution < 1.29 is 0 Å². The lowest BCUT2D eigenvalue weighted by Crippen LogP contribution is -1.83. The van der Waals surface area contributed by atoms with Crippen LogP contribution in [0.5, 0.6) is 0 Å². The average Bonchev–Trinajstić information content (AvgIpc) is 2.46. The van der Waals surface area contributed by atoms with E-state index in [-0.39, 0.29) is 17.0 Å². The van der Waals surface area contributed by atoms with Crippen molar-refractivity contribution >= 4 is 43.7 Å². The van der Waals surface area contributed by atoms with E-state index in [0.717, 1.165) is 10.6 Å². The molecule has 1 aromatic heterocycles. The van der Waals surface area contributed by atoms with E-state index in [0.29, 0.717) is 0 Å². The molecule has 0 aliphatic heterocycles. The van der Waals surface area contributed by atoms with Crippen LogP contribution in [0.15, 0.2) is 24.3 Å². The van der Waals surface area contributed by atoms with Gasteiger partial charge in [0.2, 0.25) is 0 Å². The van der Waals surface area contributed by atoms with E-state index >= 15 is 0 Å². The first-order chi connectivity index (χ1) is 5.40. The minimum Gasteiger partial charge on any atom is -0.365 e. The van der Waals surface area contributed by atoms with Gasteiger partial charge in [-0.3, -0.25) is 0 Å². The third kappa shape index (κ3) is 1.59. The van der Waals surface area contributed by atoms with Gasteiger partial charge in [-0.2, -0.15) is 0 Å². The average molecular weight is 245 g/mol. The Labute approximate surface area is 85.4 Å². The Balaban J connectivity index is 0.000000720. The summed E-state index contributed by atoms with van der Waals surface area (Å²) in [6, 6.07) is 8.13. The molecule has 0 aliphatic carbocycles. The van der Waals surface area contributed by atoms with Crippen LogP contribution in [-0.2, 0) is 0 Å². The molecule has 0 radical (unpaired) electrons. The van der Waals surface area contributed by atoms with Crippen LogP contribution in [0, 0.1) is 0 Å². The normalized spacial score (nSPS) is 9.42. The summed E-state index contributed by atoms with van der Waals surface area (Å²) in [5.41, 5.74) is 1.07. The number of nitrogens with one attached hydrogen (secondary N) is 1. The van der Waals surface area contributed by atoms with Gasteiger partial charge in [-0.1, -0.05) is 23.5 Å². The number of hydrogen-bond donors (Lipinski definition) is 1. The van der Waals surface area contributed by atoms with E-state index in [4.69, 9.17) is 0 Å². The van der Waals surface area contributed by atoms with Crippen LogP contribution in [0.2, 0.25) is 0 Å². The summed E-state index contributed by atoms with van der Waals surface area (Å²) in [7, 11) is 1.89. The SMILES string of the molecule is Br.CNc1nc2ccccc2s1. The van der Waals surface area contributed by atoms with E-state index in [1.54, 1.807) is 11.3 Å². The lowest BCUT2D eigenvalue weighted by Gasteiger charge is -1.84. The zero-order valence-electron chi connectivity index (χ0n) is 6.57. The molecule has 64 valence electrons. The largest absolute Gasteiger partial charge is 0.365 e. The molecule has 0 aliphatic rings. The fourth-order valence-electron chi connectivity index (χ4n) is 0.979. The first-order valence-corrected chi connectivity index (χ1v) is 4.25. The lowest BCUT2D eigenvalue weighted by atomic mass is 10.3. The van der Waals surface area contributed by atoms with Crippen molar-refractivity contribution in [1.82, 2.24) is 4.98 Å². The van der Waals surface area contributed by atoms with Gasteiger partial charge < -0.3 is 5.32 Å². The zero-order valence-corrected chi connectivity index (χ0v) is 9.10. The van der Waals surface area contributed by atoms with Crippen LogP contribution in [0.4, 0.5) is 5.13 Å². The highest BCUT2D eigenvalue weighted by Crippen LogP contribution is 2.24. The minimum absolute atomic E-state index is 0. The quantitative estimate of drug-likeness (QED) is 0.835. The maximum atomic E-state index is 4.34. The summed E-state index contributed by atoms with van der Waals surface area (Å²) < 4.78 is 1.23. The zero-order chi connectivity index (χ0) is 7.68. The molecule has 0 fully saturated rings. The van der Waals surface area contributed by atoms with Crippen molar-refractivity contribution in [3.8, 4) is 0 Å². The number of fused-ring (bicyclic) bond motifs is 1. The number of benzene rings is 1. The summed E-state index contributed by atoms with van der Waals surface area (Å²) in [4.78, 5) is 4.34. The number of rotatable bonds is 1. The van der Waals surface area contributed by atoms with Gasteiger partial charge in [0.15, 0.2) is 5.13 Å². The van der Waals surface area contributed by atoms with Gasteiger partial charge in [-0.15, -0.1) is 17.0 Å². The Morgan fingerprint density at radius 3 is 2.75 bits per heavy atom. The molecule has 4 heteroatoms. The molecule has 0 unspecified atom stereocenters. The van der Waals surface area contributed by atoms with Crippen LogP contribution in [0.25, 0.3) is 10.2 Å². The van der Waals surface area contributed by atoms with Crippen molar-refractivity contribution in [2.75, 3.05) is 12.4 Å². The topological polar surface area (TPSA) is 24.9 Å².